The predicted molar refractivity (Wildman–Crippen MR) is 81.0 cm³/mol. The van der Waals surface area contributed by atoms with Gasteiger partial charge in [-0.2, -0.15) is 5.10 Å². The minimum absolute atomic E-state index is 0.00951. The molecule has 0 fully saturated rings. The average Bonchev–Trinajstić information content (AvgIpc) is 2.74. The van der Waals surface area contributed by atoms with Crippen molar-refractivity contribution in [1.82, 2.24) is 9.78 Å². The molecule has 108 valence electrons. The normalized spacial score (nSPS) is 11.2. The smallest absolute Gasteiger partial charge is 0.160 e. The number of hydrogen-bond donors (Lipinski definition) is 1. The Hall–Kier alpha value is -1.26. The third kappa shape index (κ3) is 3.25. The minimum Gasteiger partial charge on any atom is -0.381 e. The molecule has 1 aromatic heterocycles. The van der Waals surface area contributed by atoms with Crippen LogP contribution in [-0.2, 0) is 13.6 Å². The molecule has 0 atom stereocenters. The first kappa shape index (κ1) is 15.1. The van der Waals surface area contributed by atoms with E-state index >= 15 is 0 Å². The molecule has 0 spiro atoms. The second-order valence-electron chi connectivity index (χ2n) is 4.98. The van der Waals surface area contributed by atoms with Gasteiger partial charge in [0.25, 0.3) is 0 Å². The summed E-state index contributed by atoms with van der Waals surface area (Å²) >= 11 is 11.5. The highest BCUT2D eigenvalue weighted by molar-refractivity contribution is 6.35. The van der Waals surface area contributed by atoms with Crippen molar-refractivity contribution in [1.29, 1.82) is 0 Å². The van der Waals surface area contributed by atoms with Crippen LogP contribution in [0.15, 0.2) is 18.3 Å². The van der Waals surface area contributed by atoms with Crippen molar-refractivity contribution < 1.29 is 4.39 Å². The summed E-state index contributed by atoms with van der Waals surface area (Å²) in [5.41, 5.74) is 2.82. The molecule has 0 unspecified atom stereocenters. The molecule has 2 rings (SSSR count). The fourth-order valence-corrected chi connectivity index (χ4v) is 2.52. The van der Waals surface area contributed by atoms with E-state index in [0.717, 1.165) is 11.3 Å². The number of aryl methyl sites for hydroxylation is 1. The lowest BCUT2D eigenvalue weighted by Crippen LogP contribution is -2.03. The molecule has 6 heteroatoms. The van der Waals surface area contributed by atoms with Gasteiger partial charge < -0.3 is 5.32 Å². The van der Waals surface area contributed by atoms with Crippen LogP contribution in [0.1, 0.15) is 31.0 Å². The SMILES string of the molecule is CC(C)c1nn(C)cc1CNc1cc(Cl)c(F)c(Cl)c1. The van der Waals surface area contributed by atoms with E-state index in [1.807, 2.05) is 13.2 Å². The highest BCUT2D eigenvalue weighted by atomic mass is 35.5. The molecule has 3 nitrogen and oxygen atoms in total. The van der Waals surface area contributed by atoms with Gasteiger partial charge >= 0.3 is 0 Å². The average molecular weight is 316 g/mol. The summed E-state index contributed by atoms with van der Waals surface area (Å²) in [5.74, 6) is -0.253. The number of nitrogens with zero attached hydrogens (tertiary/aromatic N) is 2. The summed E-state index contributed by atoms with van der Waals surface area (Å²) in [6, 6.07) is 3.04. The highest BCUT2D eigenvalue weighted by Gasteiger charge is 2.12. The van der Waals surface area contributed by atoms with Gasteiger partial charge in [0.05, 0.1) is 15.7 Å². The van der Waals surface area contributed by atoms with Crippen molar-refractivity contribution in [3.63, 3.8) is 0 Å². The second-order valence-corrected chi connectivity index (χ2v) is 5.79. The number of hydrogen-bond acceptors (Lipinski definition) is 2. The van der Waals surface area contributed by atoms with E-state index in [-0.39, 0.29) is 10.0 Å². The first-order valence-corrected chi connectivity index (χ1v) is 7.05. The Morgan fingerprint density at radius 1 is 1.30 bits per heavy atom. The van der Waals surface area contributed by atoms with Crippen molar-refractivity contribution in [2.75, 3.05) is 5.32 Å². The Labute approximate surface area is 127 Å². The molecule has 0 aliphatic heterocycles. The Kier molecular flexibility index (Phi) is 4.55. The highest BCUT2D eigenvalue weighted by Crippen LogP contribution is 2.28. The molecule has 0 saturated heterocycles. The number of halogens is 3. The van der Waals surface area contributed by atoms with Crippen LogP contribution in [0.5, 0.6) is 0 Å². The Morgan fingerprint density at radius 3 is 2.45 bits per heavy atom. The minimum atomic E-state index is -0.594. The molecule has 1 heterocycles. The van der Waals surface area contributed by atoms with Gasteiger partial charge in [0.1, 0.15) is 0 Å². The first-order chi connectivity index (χ1) is 9.38. The van der Waals surface area contributed by atoms with Gasteiger partial charge in [-0.05, 0) is 18.1 Å². The van der Waals surface area contributed by atoms with Crippen LogP contribution in [0, 0.1) is 5.82 Å². The molecule has 0 amide bonds. The van der Waals surface area contributed by atoms with Crippen LogP contribution in [0.2, 0.25) is 10.0 Å². The Bertz CT molecular complexity index is 600. The molecule has 0 bridgehead atoms. The van der Waals surface area contributed by atoms with E-state index in [1.165, 1.54) is 12.1 Å². The summed E-state index contributed by atoms with van der Waals surface area (Å²) in [6.45, 7) is 4.77. The molecule has 2 aromatic rings. The quantitative estimate of drug-likeness (QED) is 0.835. The second kappa shape index (κ2) is 6.02. The van der Waals surface area contributed by atoms with Crippen molar-refractivity contribution in [2.24, 2.45) is 7.05 Å². The number of aromatic nitrogens is 2. The number of anilines is 1. The third-order valence-electron chi connectivity index (χ3n) is 2.95. The topological polar surface area (TPSA) is 29.9 Å². The molecular formula is C14H16Cl2FN3. The maximum absolute atomic E-state index is 13.3. The van der Waals surface area contributed by atoms with E-state index in [1.54, 1.807) is 4.68 Å². The summed E-state index contributed by atoms with van der Waals surface area (Å²) < 4.78 is 15.1. The summed E-state index contributed by atoms with van der Waals surface area (Å²) in [4.78, 5) is 0. The molecule has 0 saturated carbocycles. The van der Waals surface area contributed by atoms with Gasteiger partial charge in [-0.15, -0.1) is 0 Å². The summed E-state index contributed by atoms with van der Waals surface area (Å²) in [6.07, 6.45) is 1.97. The molecule has 0 aliphatic carbocycles. The summed E-state index contributed by atoms with van der Waals surface area (Å²) in [5, 5.41) is 7.64. The van der Waals surface area contributed by atoms with Gasteiger partial charge in [-0.25, -0.2) is 4.39 Å². The molecule has 1 aromatic carbocycles. The number of rotatable bonds is 4. The standard InChI is InChI=1S/C14H16Cl2FN3/c1-8(2)14-9(7-20(3)19-14)6-18-10-4-11(15)13(17)12(16)5-10/h4-5,7-8,18H,6H2,1-3H3. The van der Waals surface area contributed by atoms with Crippen molar-refractivity contribution in [3.05, 3.63) is 45.4 Å². The summed E-state index contributed by atoms with van der Waals surface area (Å²) in [7, 11) is 1.89. The lowest BCUT2D eigenvalue weighted by Gasteiger charge is -2.09. The maximum Gasteiger partial charge on any atom is 0.160 e. The monoisotopic (exact) mass is 315 g/mol. The largest absolute Gasteiger partial charge is 0.381 e. The van der Waals surface area contributed by atoms with E-state index < -0.39 is 5.82 Å². The molecule has 0 radical (unpaired) electrons. The van der Waals surface area contributed by atoms with E-state index in [4.69, 9.17) is 23.2 Å². The van der Waals surface area contributed by atoms with Crippen LogP contribution in [0.3, 0.4) is 0 Å². The van der Waals surface area contributed by atoms with Crippen LogP contribution in [0.4, 0.5) is 10.1 Å². The van der Waals surface area contributed by atoms with Gasteiger partial charge in [0.15, 0.2) is 5.82 Å². The fourth-order valence-electron chi connectivity index (χ4n) is 2.03. The van der Waals surface area contributed by atoms with Crippen molar-refractivity contribution in [2.45, 2.75) is 26.3 Å². The molecule has 0 aliphatic rings. The zero-order valence-corrected chi connectivity index (χ0v) is 13.1. The zero-order valence-electron chi connectivity index (χ0n) is 11.5. The van der Waals surface area contributed by atoms with Gasteiger partial charge in [0.2, 0.25) is 0 Å². The molecular weight excluding hydrogens is 300 g/mol. The predicted octanol–water partition coefficient (Wildman–Crippen LogP) is 4.60. The lowest BCUT2D eigenvalue weighted by atomic mass is 10.1. The van der Waals surface area contributed by atoms with Crippen LogP contribution in [0.25, 0.3) is 0 Å². The first-order valence-electron chi connectivity index (χ1n) is 6.29. The third-order valence-corrected chi connectivity index (χ3v) is 3.50. The van der Waals surface area contributed by atoms with Crippen LogP contribution >= 0.6 is 23.2 Å². The fraction of sp³-hybridized carbons (Fsp3) is 0.357. The van der Waals surface area contributed by atoms with Crippen molar-refractivity contribution >= 4 is 28.9 Å². The Morgan fingerprint density at radius 2 is 1.90 bits per heavy atom. The lowest BCUT2D eigenvalue weighted by molar-refractivity contribution is 0.629. The number of nitrogens with one attached hydrogen (secondary N) is 1. The Balaban J connectivity index is 2.17. The molecule has 1 N–H and O–H groups in total. The van der Waals surface area contributed by atoms with Crippen LogP contribution in [-0.4, -0.2) is 9.78 Å². The molecule has 20 heavy (non-hydrogen) atoms. The van der Waals surface area contributed by atoms with E-state index in [9.17, 15) is 4.39 Å². The van der Waals surface area contributed by atoms with Gasteiger partial charge in [0, 0.05) is 31.0 Å². The van der Waals surface area contributed by atoms with E-state index in [2.05, 4.69) is 24.3 Å². The number of benzene rings is 1. The maximum atomic E-state index is 13.3. The van der Waals surface area contributed by atoms with Gasteiger partial charge in [-0.1, -0.05) is 37.0 Å². The van der Waals surface area contributed by atoms with Crippen LogP contribution < -0.4 is 5.32 Å². The van der Waals surface area contributed by atoms with Gasteiger partial charge in [-0.3, -0.25) is 4.68 Å². The zero-order chi connectivity index (χ0) is 14.9. The van der Waals surface area contributed by atoms with Crippen molar-refractivity contribution in [3.8, 4) is 0 Å². The van der Waals surface area contributed by atoms with E-state index in [0.29, 0.717) is 18.2 Å².